The lowest BCUT2D eigenvalue weighted by Gasteiger charge is -2.28. The first kappa shape index (κ1) is 22.3. The van der Waals surface area contributed by atoms with Gasteiger partial charge in [-0.25, -0.2) is 4.79 Å². The van der Waals surface area contributed by atoms with Gasteiger partial charge >= 0.3 is 13.6 Å². The maximum Gasteiger partial charge on any atom is 0.334 e. The summed E-state index contributed by atoms with van der Waals surface area (Å²) in [5.41, 5.74) is 1.02. The molecule has 0 heterocycles. The van der Waals surface area contributed by atoms with Gasteiger partial charge in [0.25, 0.3) is 5.91 Å². The number of rotatable bonds is 8. The molecular weight excluding hydrogens is 385 g/mol. The van der Waals surface area contributed by atoms with E-state index in [2.05, 4.69) is 5.32 Å². The van der Waals surface area contributed by atoms with Crippen LogP contribution in [0.3, 0.4) is 0 Å². The summed E-state index contributed by atoms with van der Waals surface area (Å²) in [6.45, 7) is 0. The van der Waals surface area contributed by atoms with E-state index in [1.807, 2.05) is 0 Å². The van der Waals surface area contributed by atoms with E-state index in [-0.39, 0.29) is 24.3 Å². The van der Waals surface area contributed by atoms with Gasteiger partial charge in [-0.15, -0.1) is 0 Å². The van der Waals surface area contributed by atoms with Crippen molar-refractivity contribution in [2.45, 2.75) is 37.9 Å². The van der Waals surface area contributed by atoms with Crippen LogP contribution in [0.5, 0.6) is 0 Å². The number of hydrogen-bond donors (Lipinski definition) is 1. The van der Waals surface area contributed by atoms with E-state index in [1.54, 1.807) is 24.3 Å². The quantitative estimate of drug-likeness (QED) is 0.518. The first-order valence-electron chi connectivity index (χ1n) is 9.01. The van der Waals surface area contributed by atoms with E-state index >= 15 is 0 Å². The lowest BCUT2D eigenvalue weighted by Crippen LogP contribution is -2.48. The Bertz CT molecular complexity index is 754. The van der Waals surface area contributed by atoms with E-state index in [4.69, 9.17) is 13.8 Å². The number of ether oxygens (including phenoxy) is 1. The van der Waals surface area contributed by atoms with Gasteiger partial charge in [-0.05, 0) is 36.5 Å². The summed E-state index contributed by atoms with van der Waals surface area (Å²) >= 11 is 0. The highest BCUT2D eigenvalue weighted by Crippen LogP contribution is 2.49. The van der Waals surface area contributed by atoms with Crippen LogP contribution in [-0.4, -0.2) is 45.0 Å². The maximum atomic E-state index is 12.6. The van der Waals surface area contributed by atoms with Gasteiger partial charge in [0.2, 0.25) is 0 Å². The monoisotopic (exact) mass is 411 g/mol. The highest BCUT2D eigenvalue weighted by Gasteiger charge is 2.34. The van der Waals surface area contributed by atoms with Crippen molar-refractivity contribution in [3.8, 4) is 0 Å². The molecule has 1 saturated carbocycles. The highest BCUT2D eigenvalue weighted by atomic mass is 31.2. The van der Waals surface area contributed by atoms with Gasteiger partial charge in [-0.3, -0.25) is 14.2 Å². The first-order chi connectivity index (χ1) is 13.3. The van der Waals surface area contributed by atoms with Gasteiger partial charge in [-0.2, -0.15) is 0 Å². The zero-order valence-electron chi connectivity index (χ0n) is 16.3. The second-order valence-corrected chi connectivity index (χ2v) is 8.97. The summed E-state index contributed by atoms with van der Waals surface area (Å²) in [7, 11) is 0.684. The van der Waals surface area contributed by atoms with Gasteiger partial charge in [0.1, 0.15) is 11.8 Å². The van der Waals surface area contributed by atoms with Crippen molar-refractivity contribution >= 4 is 25.3 Å². The van der Waals surface area contributed by atoms with E-state index in [1.165, 1.54) is 21.3 Å². The minimum Gasteiger partial charge on any atom is -0.467 e. The zero-order chi connectivity index (χ0) is 20.7. The number of nitrogens with one attached hydrogen (secondary N) is 1. The Balaban J connectivity index is 2.09. The van der Waals surface area contributed by atoms with Gasteiger partial charge in [0.15, 0.2) is 0 Å². The molecule has 154 valence electrons. The standard InChI is InChI=1S/C19H26NO7P/c1-25-19(23)17(15-5-4-6-16(21)11-15)20-18(22)14-9-7-13(8-10-14)12-28(24,26-2)27-3/h7-10,15,17H,4-6,11-12H2,1-3H3,(H,20,22)/t15-,17+/m0/s1. The molecule has 0 unspecified atom stereocenters. The van der Waals surface area contributed by atoms with E-state index in [9.17, 15) is 18.9 Å². The van der Waals surface area contributed by atoms with Crippen molar-refractivity contribution in [1.82, 2.24) is 5.32 Å². The minimum atomic E-state index is -3.20. The predicted octanol–water partition coefficient (Wildman–Crippen LogP) is 2.70. The van der Waals surface area contributed by atoms with E-state index < -0.39 is 25.5 Å². The summed E-state index contributed by atoms with van der Waals surface area (Å²) < 4.78 is 26.8. The summed E-state index contributed by atoms with van der Waals surface area (Å²) in [6.07, 6.45) is 2.21. The van der Waals surface area contributed by atoms with Crippen molar-refractivity contribution in [3.63, 3.8) is 0 Å². The number of benzene rings is 1. The number of amides is 1. The Kier molecular flexibility index (Phi) is 7.92. The molecule has 8 nitrogen and oxygen atoms in total. The Hall–Kier alpha value is -2.02. The minimum absolute atomic E-state index is 0.0802. The van der Waals surface area contributed by atoms with Crippen LogP contribution in [0.4, 0.5) is 0 Å². The normalized spacial score (nSPS) is 18.4. The molecule has 1 aromatic rings. The Morgan fingerprint density at radius 2 is 1.82 bits per heavy atom. The number of Topliss-reactive ketones (excluding diaryl/α,β-unsaturated/α-hetero) is 1. The third kappa shape index (κ3) is 5.74. The lowest BCUT2D eigenvalue weighted by molar-refractivity contribution is -0.145. The zero-order valence-corrected chi connectivity index (χ0v) is 17.2. The molecule has 1 N–H and O–H groups in total. The fourth-order valence-electron chi connectivity index (χ4n) is 3.25. The fraction of sp³-hybridized carbons (Fsp3) is 0.526. The molecule has 0 aliphatic heterocycles. The Morgan fingerprint density at radius 3 is 2.36 bits per heavy atom. The molecular formula is C19H26NO7P. The largest absolute Gasteiger partial charge is 0.467 e. The number of ketones is 1. The second kappa shape index (κ2) is 9.96. The van der Waals surface area contributed by atoms with Gasteiger partial charge in [0.05, 0.1) is 13.3 Å². The highest BCUT2D eigenvalue weighted by molar-refractivity contribution is 7.52. The van der Waals surface area contributed by atoms with Crippen molar-refractivity contribution in [2.75, 3.05) is 21.3 Å². The molecule has 1 aliphatic carbocycles. The molecule has 1 fully saturated rings. The Morgan fingerprint density at radius 1 is 1.18 bits per heavy atom. The average Bonchev–Trinajstić information content (AvgIpc) is 2.71. The molecule has 0 radical (unpaired) electrons. The topological polar surface area (TPSA) is 108 Å². The summed E-state index contributed by atoms with van der Waals surface area (Å²) in [5, 5.41) is 2.69. The summed E-state index contributed by atoms with van der Waals surface area (Å²) in [5.74, 6) is -1.19. The van der Waals surface area contributed by atoms with Crippen LogP contribution < -0.4 is 5.32 Å². The molecule has 1 aliphatic rings. The van der Waals surface area contributed by atoms with Gasteiger partial charge < -0.3 is 19.1 Å². The molecule has 1 aromatic carbocycles. The van der Waals surface area contributed by atoms with Crippen molar-refractivity contribution in [3.05, 3.63) is 35.4 Å². The van der Waals surface area contributed by atoms with Crippen LogP contribution >= 0.6 is 7.60 Å². The smallest absolute Gasteiger partial charge is 0.334 e. The molecule has 1 amide bonds. The fourth-order valence-corrected chi connectivity index (χ4v) is 4.32. The first-order valence-corrected chi connectivity index (χ1v) is 10.7. The second-order valence-electron chi connectivity index (χ2n) is 6.70. The lowest BCUT2D eigenvalue weighted by atomic mass is 9.83. The molecule has 0 bridgehead atoms. The van der Waals surface area contributed by atoms with Crippen LogP contribution in [0.15, 0.2) is 24.3 Å². The number of carbonyl (C=O) groups is 3. The molecule has 28 heavy (non-hydrogen) atoms. The summed E-state index contributed by atoms with van der Waals surface area (Å²) in [6, 6.07) is 5.57. The van der Waals surface area contributed by atoms with E-state index in [0.29, 0.717) is 30.4 Å². The SMILES string of the molecule is COC(=O)[C@H](NC(=O)c1ccc(CP(=O)(OC)OC)cc1)[C@H]1CCCC(=O)C1. The maximum absolute atomic E-state index is 12.6. The van der Waals surface area contributed by atoms with Gasteiger partial charge in [-0.1, -0.05) is 12.1 Å². The van der Waals surface area contributed by atoms with Crippen LogP contribution in [-0.2, 0) is 34.1 Å². The molecule has 0 saturated heterocycles. The molecule has 2 atom stereocenters. The van der Waals surface area contributed by atoms with Gasteiger partial charge in [0, 0.05) is 32.6 Å². The number of esters is 1. The molecule has 0 spiro atoms. The number of methoxy groups -OCH3 is 1. The predicted molar refractivity (Wildman–Crippen MR) is 102 cm³/mol. The average molecular weight is 411 g/mol. The van der Waals surface area contributed by atoms with Crippen molar-refractivity contribution < 1.29 is 32.7 Å². The van der Waals surface area contributed by atoms with Crippen LogP contribution in [0.2, 0.25) is 0 Å². The number of carbonyl (C=O) groups excluding carboxylic acids is 3. The van der Waals surface area contributed by atoms with E-state index in [0.717, 1.165) is 0 Å². The number of hydrogen-bond acceptors (Lipinski definition) is 7. The van der Waals surface area contributed by atoms with Crippen LogP contribution in [0, 0.1) is 5.92 Å². The third-order valence-corrected chi connectivity index (χ3v) is 6.75. The Labute approximate surface area is 164 Å². The molecule has 0 aromatic heterocycles. The third-order valence-electron chi connectivity index (χ3n) is 4.88. The van der Waals surface area contributed by atoms with Crippen LogP contribution in [0.1, 0.15) is 41.6 Å². The van der Waals surface area contributed by atoms with Crippen molar-refractivity contribution in [1.29, 1.82) is 0 Å². The summed E-state index contributed by atoms with van der Waals surface area (Å²) in [4.78, 5) is 36.5. The van der Waals surface area contributed by atoms with Crippen molar-refractivity contribution in [2.24, 2.45) is 5.92 Å². The molecule has 2 rings (SSSR count). The van der Waals surface area contributed by atoms with Crippen LogP contribution in [0.25, 0.3) is 0 Å². The molecule has 9 heteroatoms.